The van der Waals surface area contributed by atoms with Gasteiger partial charge in [0.2, 0.25) is 0 Å². The van der Waals surface area contributed by atoms with Crippen LogP contribution in [0.15, 0.2) is 21.3 Å². The van der Waals surface area contributed by atoms with Crippen LogP contribution in [0.25, 0.3) is 11.0 Å². The molecule has 0 spiro atoms. The minimum Gasteiger partial charge on any atom is -0.478 e. The first kappa shape index (κ1) is 15.9. The smallest absolute Gasteiger partial charge is 0.345 e. The molecule has 1 heterocycles. The van der Waals surface area contributed by atoms with Crippen LogP contribution in [0.4, 0.5) is 0 Å². The van der Waals surface area contributed by atoms with Gasteiger partial charge in [-0.2, -0.15) is 0 Å². The van der Waals surface area contributed by atoms with Gasteiger partial charge in [-0.15, -0.1) is 0 Å². The second kappa shape index (κ2) is 5.89. The fraction of sp³-hybridized carbons (Fsp3) is 0.412. The highest BCUT2D eigenvalue weighted by atomic mass is 35.5. The van der Waals surface area contributed by atoms with Gasteiger partial charge in [0.05, 0.1) is 5.02 Å². The van der Waals surface area contributed by atoms with Crippen molar-refractivity contribution in [1.29, 1.82) is 0 Å². The lowest BCUT2D eigenvalue weighted by Crippen LogP contribution is -2.32. The van der Waals surface area contributed by atoms with Gasteiger partial charge in [0.1, 0.15) is 11.3 Å². The summed E-state index contributed by atoms with van der Waals surface area (Å²) in [6.07, 6.45) is 1.44. The van der Waals surface area contributed by atoms with E-state index in [1.165, 1.54) is 6.07 Å². The van der Waals surface area contributed by atoms with Gasteiger partial charge in [0.25, 0.3) is 0 Å². The third-order valence-corrected chi connectivity index (χ3v) is 4.42. The first-order valence-corrected chi connectivity index (χ1v) is 7.94. The number of halogens is 1. The van der Waals surface area contributed by atoms with E-state index in [1.54, 1.807) is 19.9 Å². The maximum absolute atomic E-state index is 12.0. The lowest BCUT2D eigenvalue weighted by atomic mass is 10.1. The first-order valence-electron chi connectivity index (χ1n) is 7.56. The third-order valence-electron chi connectivity index (χ3n) is 4.13. The van der Waals surface area contributed by atoms with E-state index in [1.807, 2.05) is 0 Å². The molecular weight excluding hydrogens is 320 g/mol. The summed E-state index contributed by atoms with van der Waals surface area (Å²) in [7, 11) is 0. The summed E-state index contributed by atoms with van der Waals surface area (Å²) in [6, 6.07) is 3.20. The van der Waals surface area contributed by atoms with Crippen molar-refractivity contribution in [3.05, 3.63) is 38.7 Å². The number of hydrogen-bond acceptors (Lipinski definition) is 4. The Labute approximate surface area is 137 Å². The highest BCUT2D eigenvalue weighted by molar-refractivity contribution is 6.32. The zero-order chi connectivity index (χ0) is 16.7. The SMILES string of the molecule is CC(C)C(Oc1cc2oc(=O)c3c(c2cc1Cl)CCC3)C(=O)O. The van der Waals surface area contributed by atoms with E-state index in [9.17, 15) is 14.7 Å². The standard InChI is InChI=1S/C17H17ClO5/c1-8(2)15(16(19)20)22-14-7-13-11(6-12(14)18)9-4-3-5-10(9)17(21)23-13/h6-8,15H,3-5H2,1-2H3,(H,19,20). The summed E-state index contributed by atoms with van der Waals surface area (Å²) in [5.74, 6) is -1.08. The van der Waals surface area contributed by atoms with Crippen molar-refractivity contribution >= 4 is 28.5 Å². The van der Waals surface area contributed by atoms with Crippen LogP contribution in [0.5, 0.6) is 5.75 Å². The topological polar surface area (TPSA) is 76.7 Å². The van der Waals surface area contributed by atoms with E-state index in [-0.39, 0.29) is 17.3 Å². The largest absolute Gasteiger partial charge is 0.478 e. The summed E-state index contributed by atoms with van der Waals surface area (Å²) in [5, 5.41) is 10.3. The number of carboxylic acid groups (broad SMARTS) is 1. The van der Waals surface area contributed by atoms with Crippen LogP contribution < -0.4 is 10.4 Å². The third kappa shape index (κ3) is 2.81. The lowest BCUT2D eigenvalue weighted by Gasteiger charge is -2.19. The molecular formula is C17H17ClO5. The normalized spacial score (nSPS) is 15.0. The molecule has 1 atom stereocenters. The molecule has 1 aliphatic carbocycles. The van der Waals surface area contributed by atoms with Gasteiger partial charge in [0, 0.05) is 22.9 Å². The Morgan fingerprint density at radius 2 is 2.00 bits per heavy atom. The van der Waals surface area contributed by atoms with E-state index >= 15 is 0 Å². The van der Waals surface area contributed by atoms with Gasteiger partial charge in [0.15, 0.2) is 6.10 Å². The van der Waals surface area contributed by atoms with Crippen LogP contribution in [0, 0.1) is 5.92 Å². The molecule has 6 heteroatoms. The summed E-state index contributed by atoms with van der Waals surface area (Å²) < 4.78 is 10.9. The van der Waals surface area contributed by atoms with Crippen LogP contribution >= 0.6 is 11.6 Å². The number of ether oxygens (including phenoxy) is 1. The van der Waals surface area contributed by atoms with E-state index in [0.29, 0.717) is 16.2 Å². The highest BCUT2D eigenvalue weighted by Gasteiger charge is 2.26. The summed E-state index contributed by atoms with van der Waals surface area (Å²) >= 11 is 6.26. The number of fused-ring (bicyclic) bond motifs is 3. The first-order chi connectivity index (χ1) is 10.9. The Morgan fingerprint density at radius 3 is 2.65 bits per heavy atom. The van der Waals surface area contributed by atoms with Crippen molar-refractivity contribution in [2.24, 2.45) is 5.92 Å². The highest BCUT2D eigenvalue weighted by Crippen LogP contribution is 2.35. The van der Waals surface area contributed by atoms with Crippen molar-refractivity contribution in [2.45, 2.75) is 39.2 Å². The fourth-order valence-corrected chi connectivity index (χ4v) is 3.19. The maximum atomic E-state index is 12.0. The number of aliphatic carboxylic acids is 1. The lowest BCUT2D eigenvalue weighted by molar-refractivity contribution is -0.147. The molecule has 1 unspecified atom stereocenters. The van der Waals surface area contributed by atoms with Gasteiger partial charge < -0.3 is 14.3 Å². The van der Waals surface area contributed by atoms with Crippen molar-refractivity contribution in [3.63, 3.8) is 0 Å². The van der Waals surface area contributed by atoms with E-state index in [2.05, 4.69) is 0 Å². The minimum absolute atomic E-state index is 0.210. The molecule has 0 radical (unpaired) electrons. The van der Waals surface area contributed by atoms with Crippen molar-refractivity contribution in [3.8, 4) is 5.75 Å². The Kier molecular flexibility index (Phi) is 4.06. The second-order valence-electron chi connectivity index (χ2n) is 6.10. The van der Waals surface area contributed by atoms with E-state index in [4.69, 9.17) is 20.8 Å². The Balaban J connectivity index is 2.10. The van der Waals surface area contributed by atoms with Crippen LogP contribution in [0.1, 0.15) is 31.4 Å². The van der Waals surface area contributed by atoms with Crippen molar-refractivity contribution in [1.82, 2.24) is 0 Å². The number of rotatable bonds is 4. The predicted molar refractivity (Wildman–Crippen MR) is 86.4 cm³/mol. The molecule has 3 rings (SSSR count). The average Bonchev–Trinajstić information content (AvgIpc) is 2.95. The number of carboxylic acids is 1. The van der Waals surface area contributed by atoms with Crippen LogP contribution in [0.2, 0.25) is 5.02 Å². The van der Waals surface area contributed by atoms with Crippen LogP contribution in [-0.4, -0.2) is 17.2 Å². The Bertz CT molecular complexity index is 837. The van der Waals surface area contributed by atoms with E-state index in [0.717, 1.165) is 30.2 Å². The van der Waals surface area contributed by atoms with Gasteiger partial charge in [-0.3, -0.25) is 0 Å². The number of carbonyl (C=O) groups is 1. The number of aryl methyl sites for hydroxylation is 1. The zero-order valence-electron chi connectivity index (χ0n) is 12.9. The van der Waals surface area contributed by atoms with Gasteiger partial charge in [-0.05, 0) is 30.9 Å². The van der Waals surface area contributed by atoms with Gasteiger partial charge in [-0.1, -0.05) is 25.4 Å². The molecule has 0 saturated carbocycles. The fourth-order valence-electron chi connectivity index (χ4n) is 2.98. The van der Waals surface area contributed by atoms with Crippen LogP contribution in [-0.2, 0) is 17.6 Å². The molecule has 2 aromatic rings. The maximum Gasteiger partial charge on any atom is 0.345 e. The molecule has 0 bridgehead atoms. The molecule has 0 fully saturated rings. The molecule has 0 amide bonds. The summed E-state index contributed by atoms with van der Waals surface area (Å²) in [6.45, 7) is 3.50. The number of hydrogen-bond donors (Lipinski definition) is 1. The van der Waals surface area contributed by atoms with Crippen molar-refractivity contribution in [2.75, 3.05) is 0 Å². The van der Waals surface area contributed by atoms with Gasteiger partial charge in [-0.25, -0.2) is 9.59 Å². The molecule has 1 N–H and O–H groups in total. The number of benzene rings is 1. The molecule has 0 aliphatic heterocycles. The Morgan fingerprint density at radius 1 is 1.30 bits per heavy atom. The molecule has 1 aromatic heterocycles. The van der Waals surface area contributed by atoms with Crippen LogP contribution in [0.3, 0.4) is 0 Å². The summed E-state index contributed by atoms with van der Waals surface area (Å²) in [5.41, 5.74) is 1.73. The zero-order valence-corrected chi connectivity index (χ0v) is 13.6. The average molecular weight is 337 g/mol. The van der Waals surface area contributed by atoms with E-state index < -0.39 is 12.1 Å². The molecule has 122 valence electrons. The molecule has 1 aromatic carbocycles. The van der Waals surface area contributed by atoms with Gasteiger partial charge >= 0.3 is 11.6 Å². The Hall–Kier alpha value is -2.01. The predicted octanol–water partition coefficient (Wildman–Crippen LogP) is 3.42. The molecule has 0 saturated heterocycles. The molecule has 23 heavy (non-hydrogen) atoms. The van der Waals surface area contributed by atoms with Crippen molar-refractivity contribution < 1.29 is 19.1 Å². The monoisotopic (exact) mass is 336 g/mol. The molecule has 5 nitrogen and oxygen atoms in total. The minimum atomic E-state index is -1.06. The summed E-state index contributed by atoms with van der Waals surface area (Å²) in [4.78, 5) is 23.3. The molecule has 1 aliphatic rings. The quantitative estimate of drug-likeness (QED) is 0.866. The second-order valence-corrected chi connectivity index (χ2v) is 6.51.